The molecule has 23 heavy (non-hydrogen) atoms. The van der Waals surface area contributed by atoms with Crippen molar-refractivity contribution >= 4 is 17.5 Å². The normalized spacial score (nSPS) is 18.2. The molecule has 1 aliphatic heterocycles. The van der Waals surface area contributed by atoms with Gasteiger partial charge in [-0.15, -0.1) is 0 Å². The van der Waals surface area contributed by atoms with Crippen molar-refractivity contribution in [1.82, 2.24) is 10.2 Å². The Morgan fingerprint density at radius 3 is 2.65 bits per heavy atom. The number of rotatable bonds is 5. The summed E-state index contributed by atoms with van der Waals surface area (Å²) < 4.78 is 13.4. The number of nitrogens with one attached hydrogen (secondary N) is 1. The molecule has 0 bridgehead atoms. The van der Waals surface area contributed by atoms with E-state index in [0.29, 0.717) is 11.6 Å². The lowest BCUT2D eigenvalue weighted by Crippen LogP contribution is -2.43. The summed E-state index contributed by atoms with van der Waals surface area (Å²) >= 11 is 5.62. The fourth-order valence-corrected chi connectivity index (χ4v) is 2.97. The third-order valence-corrected chi connectivity index (χ3v) is 4.74. The first-order chi connectivity index (χ1) is 10.9. The van der Waals surface area contributed by atoms with Gasteiger partial charge in [0.1, 0.15) is 5.82 Å². The fraction of sp³-hybridized carbons (Fsp3) is 0.588. The first kappa shape index (κ1) is 18.2. The van der Waals surface area contributed by atoms with Crippen molar-refractivity contribution in [3.63, 3.8) is 0 Å². The maximum atomic E-state index is 13.4. The van der Waals surface area contributed by atoms with Crippen molar-refractivity contribution in [3.05, 3.63) is 34.6 Å². The van der Waals surface area contributed by atoms with E-state index in [0.717, 1.165) is 25.9 Å². The van der Waals surface area contributed by atoms with Gasteiger partial charge in [-0.3, -0.25) is 4.79 Å². The van der Waals surface area contributed by atoms with Gasteiger partial charge in [-0.05, 0) is 57.5 Å². The largest absolute Gasteiger partial charge is 0.387 e. The number of likely N-dealkylation sites (tertiary alicyclic amines) is 1. The van der Waals surface area contributed by atoms with Crippen LogP contribution < -0.4 is 5.32 Å². The van der Waals surface area contributed by atoms with Crippen molar-refractivity contribution < 1.29 is 14.3 Å². The molecule has 0 spiro atoms. The molecule has 1 fully saturated rings. The molecule has 0 radical (unpaired) electrons. The van der Waals surface area contributed by atoms with E-state index in [-0.39, 0.29) is 23.4 Å². The number of carbonyl (C=O) groups is 1. The van der Waals surface area contributed by atoms with E-state index in [1.54, 1.807) is 6.07 Å². The van der Waals surface area contributed by atoms with E-state index in [9.17, 15) is 14.3 Å². The molecule has 4 nitrogen and oxygen atoms in total. The summed E-state index contributed by atoms with van der Waals surface area (Å²) in [6.07, 6.45) is 0.715. The third-order valence-electron chi connectivity index (χ3n) is 4.43. The predicted molar refractivity (Wildman–Crippen MR) is 88.8 cm³/mol. The molecule has 0 aliphatic carbocycles. The van der Waals surface area contributed by atoms with Crippen molar-refractivity contribution in [3.8, 4) is 0 Å². The number of nitrogens with zero attached hydrogens (tertiary/aromatic N) is 1. The highest BCUT2D eigenvalue weighted by molar-refractivity contribution is 6.30. The standard InChI is InChI=1S/C17H24ClFN2O2/c1-11(2)21-7-5-12(6-8-21)17(23)20-10-16(22)13-3-4-14(18)15(19)9-13/h3-4,9,11-12,16,22H,5-8,10H2,1-2H3,(H,20,23). The fourth-order valence-electron chi connectivity index (χ4n) is 2.86. The van der Waals surface area contributed by atoms with Crippen LogP contribution in [0, 0.1) is 11.7 Å². The number of halogens is 2. The van der Waals surface area contributed by atoms with Crippen LogP contribution >= 0.6 is 11.6 Å². The van der Waals surface area contributed by atoms with E-state index < -0.39 is 11.9 Å². The lowest BCUT2D eigenvalue weighted by Gasteiger charge is -2.34. The van der Waals surface area contributed by atoms with Crippen LogP contribution in [0.3, 0.4) is 0 Å². The lowest BCUT2D eigenvalue weighted by atomic mass is 9.95. The molecule has 2 rings (SSSR count). The zero-order chi connectivity index (χ0) is 17.0. The van der Waals surface area contributed by atoms with Gasteiger partial charge in [0, 0.05) is 18.5 Å². The molecular weight excluding hydrogens is 319 g/mol. The van der Waals surface area contributed by atoms with Crippen LogP contribution in [0.5, 0.6) is 0 Å². The molecule has 0 aromatic heterocycles. The number of aliphatic hydroxyl groups is 1. The minimum absolute atomic E-state index is 0.0147. The Hall–Kier alpha value is -1.17. The van der Waals surface area contributed by atoms with Gasteiger partial charge in [0.2, 0.25) is 5.91 Å². The third kappa shape index (κ3) is 4.90. The van der Waals surface area contributed by atoms with Gasteiger partial charge >= 0.3 is 0 Å². The first-order valence-electron chi connectivity index (χ1n) is 8.03. The Balaban J connectivity index is 1.81. The van der Waals surface area contributed by atoms with Gasteiger partial charge in [0.15, 0.2) is 0 Å². The van der Waals surface area contributed by atoms with Crippen LogP contribution in [0.4, 0.5) is 4.39 Å². The van der Waals surface area contributed by atoms with Gasteiger partial charge in [0.05, 0.1) is 11.1 Å². The van der Waals surface area contributed by atoms with Crippen LogP contribution in [0.1, 0.15) is 38.4 Å². The number of aliphatic hydroxyl groups excluding tert-OH is 1. The van der Waals surface area contributed by atoms with Crippen LogP contribution in [0.2, 0.25) is 5.02 Å². The minimum Gasteiger partial charge on any atom is -0.387 e. The summed E-state index contributed by atoms with van der Waals surface area (Å²) in [5.74, 6) is -0.628. The summed E-state index contributed by atoms with van der Waals surface area (Å²) in [7, 11) is 0. The average Bonchev–Trinajstić information content (AvgIpc) is 2.54. The summed E-state index contributed by atoms with van der Waals surface area (Å²) in [5, 5.41) is 12.8. The van der Waals surface area contributed by atoms with E-state index >= 15 is 0 Å². The van der Waals surface area contributed by atoms with Crippen LogP contribution in [-0.4, -0.2) is 41.6 Å². The second kappa shape index (κ2) is 8.08. The highest BCUT2D eigenvalue weighted by Gasteiger charge is 2.26. The Kier molecular flexibility index (Phi) is 6.39. The summed E-state index contributed by atoms with van der Waals surface area (Å²) in [6.45, 7) is 6.22. The molecular formula is C17H24ClFN2O2. The van der Waals surface area contributed by atoms with Gasteiger partial charge in [-0.25, -0.2) is 4.39 Å². The highest BCUT2D eigenvalue weighted by atomic mass is 35.5. The number of amides is 1. The smallest absolute Gasteiger partial charge is 0.223 e. The monoisotopic (exact) mass is 342 g/mol. The van der Waals surface area contributed by atoms with Gasteiger partial charge in [-0.2, -0.15) is 0 Å². The summed E-state index contributed by atoms with van der Waals surface area (Å²) in [6, 6.07) is 4.66. The van der Waals surface area contributed by atoms with Crippen LogP contribution in [0.25, 0.3) is 0 Å². The molecule has 1 aromatic rings. The number of benzene rings is 1. The molecule has 1 aliphatic rings. The van der Waals surface area contributed by atoms with E-state index in [2.05, 4.69) is 24.1 Å². The number of carbonyl (C=O) groups excluding carboxylic acids is 1. The average molecular weight is 343 g/mol. The van der Waals surface area contributed by atoms with Crippen molar-refractivity contribution in [2.24, 2.45) is 5.92 Å². The molecule has 1 aromatic carbocycles. The van der Waals surface area contributed by atoms with Crippen LogP contribution in [0.15, 0.2) is 18.2 Å². The number of piperidine rings is 1. The van der Waals surface area contributed by atoms with Gasteiger partial charge < -0.3 is 15.3 Å². The number of hydrogen-bond donors (Lipinski definition) is 2. The van der Waals surface area contributed by atoms with E-state index in [4.69, 9.17) is 11.6 Å². The lowest BCUT2D eigenvalue weighted by molar-refractivity contribution is -0.127. The Bertz CT molecular complexity index is 545. The van der Waals surface area contributed by atoms with E-state index in [1.807, 2.05) is 0 Å². The Labute approximate surface area is 141 Å². The maximum Gasteiger partial charge on any atom is 0.223 e. The molecule has 1 saturated heterocycles. The minimum atomic E-state index is -0.943. The zero-order valence-electron chi connectivity index (χ0n) is 13.6. The van der Waals surface area contributed by atoms with Crippen LogP contribution in [-0.2, 0) is 4.79 Å². The van der Waals surface area contributed by atoms with Gasteiger partial charge in [0.25, 0.3) is 0 Å². The molecule has 1 atom stereocenters. The highest BCUT2D eigenvalue weighted by Crippen LogP contribution is 2.21. The quantitative estimate of drug-likeness (QED) is 0.865. The first-order valence-corrected chi connectivity index (χ1v) is 8.41. The maximum absolute atomic E-state index is 13.4. The topological polar surface area (TPSA) is 52.6 Å². The molecule has 2 N–H and O–H groups in total. The van der Waals surface area contributed by atoms with Crippen molar-refractivity contribution in [1.29, 1.82) is 0 Å². The SMILES string of the molecule is CC(C)N1CCC(C(=O)NCC(O)c2ccc(Cl)c(F)c2)CC1. The molecule has 6 heteroatoms. The van der Waals surface area contributed by atoms with Gasteiger partial charge in [-0.1, -0.05) is 17.7 Å². The predicted octanol–water partition coefficient (Wildman–Crippen LogP) is 2.75. The number of hydrogen-bond acceptors (Lipinski definition) is 3. The Morgan fingerprint density at radius 1 is 1.43 bits per heavy atom. The van der Waals surface area contributed by atoms with E-state index in [1.165, 1.54) is 12.1 Å². The zero-order valence-corrected chi connectivity index (χ0v) is 14.3. The molecule has 1 unspecified atom stereocenters. The molecule has 1 amide bonds. The second-order valence-electron chi connectivity index (χ2n) is 6.34. The summed E-state index contributed by atoms with van der Waals surface area (Å²) in [4.78, 5) is 14.6. The Morgan fingerprint density at radius 2 is 2.09 bits per heavy atom. The second-order valence-corrected chi connectivity index (χ2v) is 6.75. The molecule has 1 heterocycles. The van der Waals surface area contributed by atoms with Crippen molar-refractivity contribution in [2.75, 3.05) is 19.6 Å². The van der Waals surface area contributed by atoms with Crippen molar-refractivity contribution in [2.45, 2.75) is 38.8 Å². The molecule has 0 saturated carbocycles. The molecule has 128 valence electrons. The summed E-state index contributed by atoms with van der Waals surface area (Å²) in [5.41, 5.74) is 0.404.